The van der Waals surface area contributed by atoms with E-state index in [1.54, 1.807) is 0 Å². The summed E-state index contributed by atoms with van der Waals surface area (Å²) < 4.78 is 69.1. The summed E-state index contributed by atoms with van der Waals surface area (Å²) in [5.74, 6) is -5.06. The van der Waals surface area contributed by atoms with E-state index >= 15 is 0 Å². The third kappa shape index (κ3) is 1.42. The standard InChI is InChI=1S/C14H8F5N/c1-4-2-5(15)3-6-7(4)8-9(10(6)16)12(18)14(20)13(19)11(8)17/h2-3,10H,20H2,1H3. The van der Waals surface area contributed by atoms with Gasteiger partial charge in [-0.15, -0.1) is 0 Å². The molecule has 0 spiro atoms. The quantitative estimate of drug-likeness (QED) is 0.439. The van der Waals surface area contributed by atoms with Gasteiger partial charge in [-0.2, -0.15) is 0 Å². The molecule has 0 aliphatic heterocycles. The van der Waals surface area contributed by atoms with Crippen LogP contribution in [-0.4, -0.2) is 0 Å². The fourth-order valence-electron chi connectivity index (χ4n) is 2.65. The van der Waals surface area contributed by atoms with Crippen molar-refractivity contribution in [2.24, 2.45) is 0 Å². The van der Waals surface area contributed by atoms with E-state index in [9.17, 15) is 22.0 Å². The van der Waals surface area contributed by atoms with Crippen molar-refractivity contribution >= 4 is 5.69 Å². The number of fused-ring (bicyclic) bond motifs is 3. The summed E-state index contributed by atoms with van der Waals surface area (Å²) in [6.45, 7) is 1.41. The summed E-state index contributed by atoms with van der Waals surface area (Å²) in [5.41, 5.74) is 2.77. The Bertz CT molecular complexity index is 754. The molecule has 1 aliphatic rings. The van der Waals surface area contributed by atoms with Gasteiger partial charge in [-0.05, 0) is 30.2 Å². The zero-order valence-corrected chi connectivity index (χ0v) is 10.2. The van der Waals surface area contributed by atoms with Crippen molar-refractivity contribution < 1.29 is 22.0 Å². The molecule has 0 amide bonds. The molecule has 0 saturated heterocycles. The van der Waals surface area contributed by atoms with Gasteiger partial charge in [0.1, 0.15) is 11.5 Å². The van der Waals surface area contributed by atoms with E-state index in [4.69, 9.17) is 5.73 Å². The average molecular weight is 285 g/mol. The summed E-state index contributed by atoms with van der Waals surface area (Å²) in [7, 11) is 0. The Morgan fingerprint density at radius 1 is 0.950 bits per heavy atom. The Labute approximate surface area is 110 Å². The van der Waals surface area contributed by atoms with E-state index in [1.165, 1.54) is 6.92 Å². The normalized spacial score (nSPS) is 16.2. The molecule has 0 bridgehead atoms. The maximum Gasteiger partial charge on any atom is 0.185 e. The number of aryl methyl sites for hydroxylation is 1. The molecule has 0 aromatic heterocycles. The molecule has 6 heteroatoms. The predicted molar refractivity (Wildman–Crippen MR) is 63.8 cm³/mol. The molecule has 0 heterocycles. The van der Waals surface area contributed by atoms with Crippen LogP contribution in [0.3, 0.4) is 0 Å². The van der Waals surface area contributed by atoms with E-state index < -0.39 is 46.3 Å². The van der Waals surface area contributed by atoms with Gasteiger partial charge in [0.15, 0.2) is 23.6 Å². The van der Waals surface area contributed by atoms with Gasteiger partial charge in [0, 0.05) is 16.7 Å². The number of hydrogen-bond donors (Lipinski definition) is 1. The first-order valence-corrected chi connectivity index (χ1v) is 5.74. The fourth-order valence-corrected chi connectivity index (χ4v) is 2.65. The van der Waals surface area contributed by atoms with Gasteiger partial charge in [0.2, 0.25) is 0 Å². The molecule has 1 unspecified atom stereocenters. The van der Waals surface area contributed by atoms with E-state index in [2.05, 4.69) is 0 Å². The van der Waals surface area contributed by atoms with Crippen molar-refractivity contribution in [3.8, 4) is 11.1 Å². The first-order chi connectivity index (χ1) is 9.34. The van der Waals surface area contributed by atoms with Gasteiger partial charge in [0.25, 0.3) is 0 Å². The second kappa shape index (κ2) is 3.94. The molecule has 2 aromatic rings. The predicted octanol–water partition coefficient (Wildman–Crippen LogP) is 4.17. The number of nitrogen functional groups attached to an aromatic ring is 1. The second-order valence-electron chi connectivity index (χ2n) is 4.69. The Hall–Kier alpha value is -2.11. The topological polar surface area (TPSA) is 26.0 Å². The Balaban J connectivity index is 2.49. The minimum atomic E-state index is -2.08. The third-order valence-corrected chi connectivity index (χ3v) is 3.50. The highest BCUT2D eigenvalue weighted by Crippen LogP contribution is 2.51. The van der Waals surface area contributed by atoms with Crippen molar-refractivity contribution in [1.29, 1.82) is 0 Å². The summed E-state index contributed by atoms with van der Waals surface area (Å²) in [4.78, 5) is 0. The van der Waals surface area contributed by atoms with Crippen LogP contribution in [0, 0.1) is 30.2 Å². The molecular formula is C14H8F5N. The molecule has 1 aliphatic carbocycles. The second-order valence-corrected chi connectivity index (χ2v) is 4.69. The van der Waals surface area contributed by atoms with Crippen LogP contribution >= 0.6 is 0 Å². The number of nitrogens with two attached hydrogens (primary N) is 1. The third-order valence-electron chi connectivity index (χ3n) is 3.50. The van der Waals surface area contributed by atoms with Gasteiger partial charge in [0.05, 0.1) is 0 Å². The van der Waals surface area contributed by atoms with E-state index in [0.717, 1.165) is 12.1 Å². The van der Waals surface area contributed by atoms with Gasteiger partial charge >= 0.3 is 0 Å². The Morgan fingerprint density at radius 3 is 2.25 bits per heavy atom. The molecule has 1 atom stereocenters. The maximum absolute atomic E-state index is 14.3. The molecule has 20 heavy (non-hydrogen) atoms. The van der Waals surface area contributed by atoms with Crippen molar-refractivity contribution in [1.82, 2.24) is 0 Å². The van der Waals surface area contributed by atoms with Crippen molar-refractivity contribution in [3.63, 3.8) is 0 Å². The summed E-state index contributed by atoms with van der Waals surface area (Å²) in [5, 5.41) is 0. The number of hydrogen-bond acceptors (Lipinski definition) is 1. The van der Waals surface area contributed by atoms with Gasteiger partial charge < -0.3 is 5.73 Å². The van der Waals surface area contributed by atoms with Crippen LogP contribution in [0.5, 0.6) is 0 Å². The lowest BCUT2D eigenvalue weighted by molar-refractivity contribution is 0.391. The monoisotopic (exact) mass is 285 g/mol. The highest BCUT2D eigenvalue weighted by molar-refractivity contribution is 5.83. The van der Waals surface area contributed by atoms with Gasteiger partial charge in [-0.1, -0.05) is 0 Å². The highest BCUT2D eigenvalue weighted by atomic mass is 19.2. The minimum absolute atomic E-state index is 0.0239. The number of benzene rings is 2. The maximum atomic E-state index is 14.3. The number of alkyl halides is 1. The Kier molecular flexibility index (Phi) is 2.54. The summed E-state index contributed by atoms with van der Waals surface area (Å²) in [6.07, 6.45) is -2.08. The lowest BCUT2D eigenvalue weighted by atomic mass is 9.99. The van der Waals surface area contributed by atoms with Crippen LogP contribution in [-0.2, 0) is 0 Å². The highest BCUT2D eigenvalue weighted by Gasteiger charge is 2.38. The van der Waals surface area contributed by atoms with Crippen LogP contribution < -0.4 is 5.73 Å². The van der Waals surface area contributed by atoms with Gasteiger partial charge in [-0.3, -0.25) is 0 Å². The first-order valence-electron chi connectivity index (χ1n) is 5.74. The molecule has 0 saturated carbocycles. The van der Waals surface area contributed by atoms with E-state index in [1.807, 2.05) is 0 Å². The van der Waals surface area contributed by atoms with Crippen molar-refractivity contribution in [3.05, 3.63) is 52.1 Å². The van der Waals surface area contributed by atoms with Crippen LogP contribution in [0.15, 0.2) is 12.1 Å². The minimum Gasteiger partial charge on any atom is -0.394 e. The molecule has 1 nitrogen and oxygen atoms in total. The molecular weight excluding hydrogens is 277 g/mol. The molecule has 0 radical (unpaired) electrons. The van der Waals surface area contributed by atoms with Crippen molar-refractivity contribution in [2.75, 3.05) is 5.73 Å². The van der Waals surface area contributed by atoms with Crippen LogP contribution in [0.4, 0.5) is 27.6 Å². The Morgan fingerprint density at radius 2 is 1.60 bits per heavy atom. The lowest BCUT2D eigenvalue weighted by Gasteiger charge is -2.10. The zero-order valence-electron chi connectivity index (χ0n) is 10.2. The van der Waals surface area contributed by atoms with E-state index in [0.29, 0.717) is 0 Å². The van der Waals surface area contributed by atoms with Gasteiger partial charge in [-0.25, -0.2) is 22.0 Å². The number of anilines is 1. The lowest BCUT2D eigenvalue weighted by Crippen LogP contribution is -2.05. The number of rotatable bonds is 0. The summed E-state index contributed by atoms with van der Waals surface area (Å²) in [6, 6.07) is 1.90. The van der Waals surface area contributed by atoms with Crippen molar-refractivity contribution in [2.45, 2.75) is 13.1 Å². The SMILES string of the molecule is Cc1cc(F)cc2c1-c1c(F)c(F)c(N)c(F)c1C2F. The summed E-state index contributed by atoms with van der Waals surface area (Å²) >= 11 is 0. The zero-order chi connectivity index (χ0) is 14.8. The fraction of sp³-hybridized carbons (Fsp3) is 0.143. The molecule has 3 rings (SSSR count). The molecule has 2 aromatic carbocycles. The molecule has 2 N–H and O–H groups in total. The molecule has 0 fully saturated rings. The first kappa shape index (κ1) is 12.9. The number of halogens is 5. The van der Waals surface area contributed by atoms with Crippen LogP contribution in [0.2, 0.25) is 0 Å². The largest absolute Gasteiger partial charge is 0.394 e. The molecule has 104 valence electrons. The van der Waals surface area contributed by atoms with E-state index in [-0.39, 0.29) is 16.7 Å². The van der Waals surface area contributed by atoms with Crippen LogP contribution in [0.25, 0.3) is 11.1 Å². The average Bonchev–Trinajstić information content (AvgIpc) is 2.68. The smallest absolute Gasteiger partial charge is 0.185 e. The van der Waals surface area contributed by atoms with Crippen LogP contribution in [0.1, 0.15) is 22.9 Å².